The molecule has 0 saturated heterocycles. The maximum atomic E-state index is 11.8. The number of carbonyl (C=O) groups excluding carboxylic acids is 4. The van der Waals surface area contributed by atoms with E-state index in [1.54, 1.807) is 0 Å². The average Bonchev–Trinajstić information content (AvgIpc) is 2.38. The van der Waals surface area contributed by atoms with Crippen molar-refractivity contribution in [3.8, 4) is 0 Å². The first-order valence-corrected chi connectivity index (χ1v) is 6.41. The fourth-order valence-corrected chi connectivity index (χ4v) is 1.45. The summed E-state index contributed by atoms with van der Waals surface area (Å²) < 4.78 is 0. The van der Waals surface area contributed by atoms with Gasteiger partial charge in [-0.2, -0.15) is 0 Å². The van der Waals surface area contributed by atoms with E-state index in [1.807, 2.05) is 0 Å². The molecule has 0 heterocycles. The smallest absolute Gasteiger partial charge is 0.242 e. The molecule has 0 saturated carbocycles. The summed E-state index contributed by atoms with van der Waals surface area (Å²) in [5.41, 5.74) is 0. The monoisotopic (exact) mass is 283 g/mol. The molecular formula is C13H21N3O4. The largest absolute Gasteiger partial charge is 0.349 e. The molecule has 7 heteroatoms. The van der Waals surface area contributed by atoms with Gasteiger partial charge in [-0.25, -0.2) is 0 Å². The Kier molecular flexibility index (Phi) is 8.82. The quantitative estimate of drug-likeness (QED) is 0.488. The minimum Gasteiger partial charge on any atom is -0.349 e. The second-order valence-corrected chi connectivity index (χ2v) is 4.51. The summed E-state index contributed by atoms with van der Waals surface area (Å²) in [4.78, 5) is 45.1. The Morgan fingerprint density at radius 2 is 1.65 bits per heavy atom. The molecule has 0 aromatic rings. The molecule has 0 aromatic heterocycles. The predicted molar refractivity (Wildman–Crippen MR) is 73.6 cm³/mol. The van der Waals surface area contributed by atoms with Crippen LogP contribution in [-0.2, 0) is 19.2 Å². The number of nitrogens with one attached hydrogen (secondary N) is 3. The molecule has 2 amide bonds. The number of hydrogen-bond donors (Lipinski definition) is 3. The number of carbonyl (C=O) groups is 4. The van der Waals surface area contributed by atoms with Crippen LogP contribution in [0.5, 0.6) is 0 Å². The summed E-state index contributed by atoms with van der Waals surface area (Å²) in [5, 5.41) is 11.8. The van der Waals surface area contributed by atoms with E-state index in [0.29, 0.717) is 0 Å². The number of rotatable bonds is 10. The molecule has 20 heavy (non-hydrogen) atoms. The second-order valence-electron chi connectivity index (χ2n) is 4.51. The van der Waals surface area contributed by atoms with Gasteiger partial charge in [-0.15, -0.1) is 0 Å². The van der Waals surface area contributed by atoms with Crippen molar-refractivity contribution in [1.82, 2.24) is 10.6 Å². The predicted octanol–water partition coefficient (Wildman–Crippen LogP) is -0.0246. The van der Waals surface area contributed by atoms with Gasteiger partial charge in [0.05, 0.1) is 6.54 Å². The maximum Gasteiger partial charge on any atom is 0.242 e. The molecule has 1 atom stereocenters. The summed E-state index contributed by atoms with van der Waals surface area (Å²) in [6, 6.07) is -0.821. The highest BCUT2D eigenvalue weighted by Crippen LogP contribution is 2.01. The van der Waals surface area contributed by atoms with E-state index in [9.17, 15) is 19.2 Å². The van der Waals surface area contributed by atoms with E-state index < -0.39 is 17.9 Å². The van der Waals surface area contributed by atoms with Crippen molar-refractivity contribution in [2.45, 2.75) is 45.6 Å². The van der Waals surface area contributed by atoms with E-state index >= 15 is 0 Å². The zero-order valence-corrected chi connectivity index (χ0v) is 11.8. The summed E-state index contributed by atoms with van der Waals surface area (Å²) >= 11 is 0. The van der Waals surface area contributed by atoms with Crippen LogP contribution in [0.25, 0.3) is 0 Å². The van der Waals surface area contributed by atoms with Crippen molar-refractivity contribution in [3.63, 3.8) is 0 Å². The first-order chi connectivity index (χ1) is 9.36. The van der Waals surface area contributed by atoms with Crippen molar-refractivity contribution in [2.75, 3.05) is 6.54 Å². The van der Waals surface area contributed by atoms with Crippen LogP contribution in [0.15, 0.2) is 0 Å². The molecule has 0 spiro atoms. The van der Waals surface area contributed by atoms with Crippen LogP contribution < -0.4 is 10.6 Å². The van der Waals surface area contributed by atoms with Crippen molar-refractivity contribution in [2.24, 2.45) is 0 Å². The van der Waals surface area contributed by atoms with Gasteiger partial charge >= 0.3 is 0 Å². The molecule has 0 fully saturated rings. The molecule has 0 bridgehead atoms. The van der Waals surface area contributed by atoms with E-state index in [1.165, 1.54) is 13.8 Å². The molecule has 0 aliphatic carbocycles. The van der Waals surface area contributed by atoms with E-state index in [2.05, 4.69) is 10.6 Å². The SMILES string of the molecule is CC(=O)CCC(=O)NC(CCC(C)=O)C(=O)NCC=N. The second kappa shape index (κ2) is 9.82. The van der Waals surface area contributed by atoms with Crippen LogP contribution in [0.3, 0.4) is 0 Å². The van der Waals surface area contributed by atoms with Crippen LogP contribution in [-0.4, -0.2) is 42.2 Å². The third-order valence-corrected chi connectivity index (χ3v) is 2.52. The topological polar surface area (TPSA) is 116 Å². The first-order valence-electron chi connectivity index (χ1n) is 6.41. The Balaban J connectivity index is 4.45. The lowest BCUT2D eigenvalue weighted by molar-refractivity contribution is -0.130. The highest BCUT2D eigenvalue weighted by molar-refractivity contribution is 5.90. The molecule has 112 valence electrons. The molecule has 7 nitrogen and oxygen atoms in total. The molecule has 3 N–H and O–H groups in total. The van der Waals surface area contributed by atoms with Crippen LogP contribution in [0.4, 0.5) is 0 Å². The Labute approximate surface area is 118 Å². The van der Waals surface area contributed by atoms with Crippen molar-refractivity contribution in [1.29, 1.82) is 5.41 Å². The van der Waals surface area contributed by atoms with Gasteiger partial charge in [0.25, 0.3) is 0 Å². The van der Waals surface area contributed by atoms with Gasteiger partial charge in [0.15, 0.2) is 0 Å². The summed E-state index contributed by atoms with van der Waals surface area (Å²) in [7, 11) is 0. The van der Waals surface area contributed by atoms with E-state index in [4.69, 9.17) is 5.41 Å². The number of amides is 2. The van der Waals surface area contributed by atoms with Crippen LogP contribution in [0.1, 0.15) is 39.5 Å². The Morgan fingerprint density at radius 3 is 2.15 bits per heavy atom. The highest BCUT2D eigenvalue weighted by Gasteiger charge is 2.20. The lowest BCUT2D eigenvalue weighted by Crippen LogP contribution is -2.47. The third-order valence-electron chi connectivity index (χ3n) is 2.52. The molecule has 1 unspecified atom stereocenters. The minimum atomic E-state index is -0.821. The van der Waals surface area contributed by atoms with Crippen LogP contribution >= 0.6 is 0 Å². The molecule has 0 radical (unpaired) electrons. The van der Waals surface area contributed by atoms with Gasteiger partial charge in [0.1, 0.15) is 17.6 Å². The summed E-state index contributed by atoms with van der Waals surface area (Å²) in [5.74, 6) is -1.02. The van der Waals surface area contributed by atoms with Crippen molar-refractivity contribution < 1.29 is 19.2 Å². The van der Waals surface area contributed by atoms with Crippen LogP contribution in [0.2, 0.25) is 0 Å². The zero-order valence-electron chi connectivity index (χ0n) is 11.8. The Hall–Kier alpha value is -2.05. The highest BCUT2D eigenvalue weighted by atomic mass is 16.2. The molecule has 0 aliphatic rings. The van der Waals surface area contributed by atoms with Gasteiger partial charge in [-0.05, 0) is 20.3 Å². The zero-order chi connectivity index (χ0) is 15.5. The Morgan fingerprint density at radius 1 is 1.05 bits per heavy atom. The first kappa shape index (κ1) is 17.9. The Bertz CT molecular complexity index is 393. The number of ketones is 2. The van der Waals surface area contributed by atoms with E-state index in [0.717, 1.165) is 6.21 Å². The summed E-state index contributed by atoms with van der Waals surface area (Å²) in [6.45, 7) is 2.86. The number of Topliss-reactive ketones (excluding diaryl/α,β-unsaturated/α-hetero) is 2. The van der Waals surface area contributed by atoms with Crippen LogP contribution in [0, 0.1) is 5.41 Å². The molecule has 0 aliphatic heterocycles. The fraction of sp³-hybridized carbons (Fsp3) is 0.615. The molecule has 0 aromatic carbocycles. The lowest BCUT2D eigenvalue weighted by Gasteiger charge is -2.17. The maximum absolute atomic E-state index is 11.8. The van der Waals surface area contributed by atoms with Gasteiger partial charge in [-0.1, -0.05) is 0 Å². The standard InChI is InChI=1S/C13H21N3O4/c1-9(17)3-5-11(13(20)15-8-7-14)16-12(19)6-4-10(2)18/h7,11,14H,3-6,8H2,1-2H3,(H,15,20)(H,16,19). The minimum absolute atomic E-state index is 0.0176. The van der Waals surface area contributed by atoms with Gasteiger partial charge in [0.2, 0.25) is 11.8 Å². The summed E-state index contributed by atoms with van der Waals surface area (Å²) in [6.07, 6.45) is 1.54. The molecule has 0 rings (SSSR count). The van der Waals surface area contributed by atoms with Gasteiger partial charge < -0.3 is 25.6 Å². The fourth-order valence-electron chi connectivity index (χ4n) is 1.45. The third kappa shape index (κ3) is 8.96. The average molecular weight is 283 g/mol. The normalized spacial score (nSPS) is 11.3. The number of hydrogen-bond acceptors (Lipinski definition) is 5. The molecular weight excluding hydrogens is 262 g/mol. The van der Waals surface area contributed by atoms with Crippen molar-refractivity contribution in [3.05, 3.63) is 0 Å². The van der Waals surface area contributed by atoms with Gasteiger partial charge in [-0.3, -0.25) is 9.59 Å². The van der Waals surface area contributed by atoms with E-state index in [-0.39, 0.29) is 43.8 Å². The van der Waals surface area contributed by atoms with Gasteiger partial charge in [0, 0.05) is 25.5 Å². The lowest BCUT2D eigenvalue weighted by atomic mass is 10.1. The van der Waals surface area contributed by atoms with Crippen molar-refractivity contribution >= 4 is 29.6 Å².